The number of aliphatic hydroxyl groups is 2. The van der Waals surface area contributed by atoms with Gasteiger partial charge in [0.15, 0.2) is 0 Å². The summed E-state index contributed by atoms with van der Waals surface area (Å²) in [6.45, 7) is 4.95. The fourth-order valence-corrected chi connectivity index (χ4v) is 12.3. The molecule has 0 aromatic carbocycles. The molecule has 498 valence electrons. The number of ether oxygens (including phenoxy) is 1. The fraction of sp³-hybridized carbons (Fsp3) is 0.923. The molecule has 2 unspecified atom stereocenters. The fourth-order valence-electron chi connectivity index (χ4n) is 12.3. The van der Waals surface area contributed by atoms with Crippen LogP contribution in [0.3, 0.4) is 0 Å². The van der Waals surface area contributed by atoms with Gasteiger partial charge in [-0.25, -0.2) is 0 Å². The van der Waals surface area contributed by atoms with E-state index in [0.717, 1.165) is 38.5 Å². The van der Waals surface area contributed by atoms with Gasteiger partial charge in [0.25, 0.3) is 0 Å². The summed E-state index contributed by atoms with van der Waals surface area (Å²) < 4.78 is 5.48. The molecule has 1 amide bonds. The third-order valence-electron chi connectivity index (χ3n) is 18.2. The second-order valence-electron chi connectivity index (χ2n) is 26.7. The maximum absolute atomic E-state index is 12.5. The molecule has 0 radical (unpaired) electrons. The molecule has 0 saturated heterocycles. The van der Waals surface area contributed by atoms with Gasteiger partial charge < -0.3 is 20.3 Å². The van der Waals surface area contributed by atoms with E-state index in [-0.39, 0.29) is 18.5 Å². The summed E-state index contributed by atoms with van der Waals surface area (Å²) >= 11 is 0. The van der Waals surface area contributed by atoms with Crippen molar-refractivity contribution in [1.29, 1.82) is 0 Å². The number of rotatable bonds is 73. The zero-order valence-corrected chi connectivity index (χ0v) is 57.2. The summed E-state index contributed by atoms with van der Waals surface area (Å²) in [5, 5.41) is 23.3. The molecule has 0 aliphatic rings. The monoisotopic (exact) mass is 1180 g/mol. The molecule has 0 rings (SSSR count). The van der Waals surface area contributed by atoms with Gasteiger partial charge in [-0.15, -0.1) is 0 Å². The lowest BCUT2D eigenvalue weighted by Gasteiger charge is -2.20. The van der Waals surface area contributed by atoms with Crippen molar-refractivity contribution in [3.8, 4) is 0 Å². The highest BCUT2D eigenvalue weighted by Crippen LogP contribution is 2.20. The van der Waals surface area contributed by atoms with Crippen LogP contribution in [0.1, 0.15) is 438 Å². The van der Waals surface area contributed by atoms with Crippen molar-refractivity contribution in [2.75, 3.05) is 13.2 Å². The predicted molar refractivity (Wildman–Crippen MR) is 370 cm³/mol. The van der Waals surface area contributed by atoms with Crippen molar-refractivity contribution in [2.24, 2.45) is 0 Å². The molecule has 0 aliphatic carbocycles. The van der Waals surface area contributed by atoms with Gasteiger partial charge in [0.2, 0.25) is 5.91 Å². The predicted octanol–water partition coefficient (Wildman–Crippen LogP) is 25.3. The zero-order valence-electron chi connectivity index (χ0n) is 57.2. The van der Waals surface area contributed by atoms with Crippen LogP contribution in [-0.4, -0.2) is 47.4 Å². The van der Waals surface area contributed by atoms with Crippen molar-refractivity contribution < 1.29 is 24.5 Å². The number of amides is 1. The van der Waals surface area contributed by atoms with Crippen LogP contribution in [0.25, 0.3) is 0 Å². The molecular formula is C78H151NO5. The quantitative estimate of drug-likeness (QED) is 0.0320. The Morgan fingerprint density at radius 1 is 0.321 bits per heavy atom. The zero-order chi connectivity index (χ0) is 60.6. The Labute approximate surface area is 526 Å². The molecule has 0 saturated carbocycles. The third kappa shape index (κ3) is 69.4. The highest BCUT2D eigenvalue weighted by Gasteiger charge is 2.18. The van der Waals surface area contributed by atoms with Crippen molar-refractivity contribution >= 4 is 11.9 Å². The summed E-state index contributed by atoms with van der Waals surface area (Å²) in [6.07, 6.45) is 94.4. The van der Waals surface area contributed by atoms with Crippen molar-refractivity contribution in [2.45, 2.75) is 450 Å². The maximum atomic E-state index is 12.5. The van der Waals surface area contributed by atoms with Crippen LogP contribution in [0.5, 0.6) is 0 Å². The summed E-state index contributed by atoms with van der Waals surface area (Å²) in [5.41, 5.74) is 0. The van der Waals surface area contributed by atoms with Gasteiger partial charge in [-0.3, -0.25) is 9.59 Å². The first-order valence-electron chi connectivity index (χ1n) is 38.6. The van der Waals surface area contributed by atoms with Gasteiger partial charge in [-0.2, -0.15) is 0 Å². The highest BCUT2D eigenvalue weighted by atomic mass is 16.5. The van der Waals surface area contributed by atoms with Crippen LogP contribution in [0.2, 0.25) is 0 Å². The summed E-state index contributed by atoms with van der Waals surface area (Å²) in [7, 11) is 0. The third-order valence-corrected chi connectivity index (χ3v) is 18.2. The molecule has 84 heavy (non-hydrogen) atoms. The van der Waals surface area contributed by atoms with E-state index in [1.165, 1.54) is 372 Å². The first kappa shape index (κ1) is 82.3. The van der Waals surface area contributed by atoms with Gasteiger partial charge in [-0.05, 0) is 57.8 Å². The van der Waals surface area contributed by atoms with Crippen LogP contribution >= 0.6 is 0 Å². The number of carbonyl (C=O) groups is 2. The number of allylic oxidation sites excluding steroid dienone is 3. The standard InChI is InChI=1S/C78H151NO5/c1-3-5-7-9-11-13-15-16-17-18-19-20-21-32-35-38-41-44-47-51-54-58-62-66-70-76(81)75(74-80)79-77(82)71-67-63-59-55-52-48-45-42-39-36-33-30-28-26-24-22-23-25-27-29-31-34-37-40-43-46-49-53-57-61-65-69-73-84-78(83)72-68-64-60-56-50-14-12-10-8-6-4-2/h25,27,66,70,75-76,80-81H,3-24,26,28-65,67-69,71-74H2,1-2H3,(H,79,82)/b27-25-,70-66+. The molecule has 2 atom stereocenters. The lowest BCUT2D eigenvalue weighted by molar-refractivity contribution is -0.143. The molecule has 0 aromatic rings. The Morgan fingerprint density at radius 3 is 0.845 bits per heavy atom. The summed E-state index contributed by atoms with van der Waals surface area (Å²) in [5.74, 6) is -0.0417. The second-order valence-corrected chi connectivity index (χ2v) is 26.7. The minimum Gasteiger partial charge on any atom is -0.466 e. The Hall–Kier alpha value is -1.66. The largest absolute Gasteiger partial charge is 0.466 e. The molecular weight excluding hydrogens is 1030 g/mol. The van der Waals surface area contributed by atoms with E-state index >= 15 is 0 Å². The van der Waals surface area contributed by atoms with Crippen LogP contribution in [0.4, 0.5) is 0 Å². The van der Waals surface area contributed by atoms with E-state index in [2.05, 4.69) is 31.3 Å². The van der Waals surface area contributed by atoms with Crippen molar-refractivity contribution in [3.63, 3.8) is 0 Å². The van der Waals surface area contributed by atoms with E-state index in [0.29, 0.717) is 19.4 Å². The van der Waals surface area contributed by atoms with Gasteiger partial charge >= 0.3 is 5.97 Å². The Bertz CT molecular complexity index is 1320. The number of carbonyl (C=O) groups excluding carboxylic acids is 2. The van der Waals surface area contributed by atoms with Gasteiger partial charge in [-0.1, -0.05) is 391 Å². The van der Waals surface area contributed by atoms with Crippen LogP contribution in [-0.2, 0) is 14.3 Å². The minimum atomic E-state index is -0.844. The molecule has 0 bridgehead atoms. The normalized spacial score (nSPS) is 12.6. The molecule has 0 heterocycles. The molecule has 6 heteroatoms. The van der Waals surface area contributed by atoms with Crippen LogP contribution < -0.4 is 5.32 Å². The average Bonchev–Trinajstić information content (AvgIpc) is 3.50. The smallest absolute Gasteiger partial charge is 0.305 e. The Kier molecular flexibility index (Phi) is 72.3. The molecule has 0 aromatic heterocycles. The number of unbranched alkanes of at least 4 members (excludes halogenated alkanes) is 60. The van der Waals surface area contributed by atoms with E-state index in [4.69, 9.17) is 4.74 Å². The number of nitrogens with one attached hydrogen (secondary N) is 1. The van der Waals surface area contributed by atoms with Gasteiger partial charge in [0.1, 0.15) is 0 Å². The maximum Gasteiger partial charge on any atom is 0.305 e. The van der Waals surface area contributed by atoms with Crippen LogP contribution in [0.15, 0.2) is 24.3 Å². The molecule has 3 N–H and O–H groups in total. The molecule has 6 nitrogen and oxygen atoms in total. The SMILES string of the molecule is CCCCCCCCCCCCCCCCCCCCCCCC/C=C/C(O)C(CO)NC(=O)CCCCCCCCCCCCCCCCCC/C=C\CCCCCCCCCCCCCCOC(=O)CCCCCCCCCCCCC. The lowest BCUT2D eigenvalue weighted by Crippen LogP contribution is -2.45. The lowest BCUT2D eigenvalue weighted by atomic mass is 10.0. The molecule has 0 aliphatic heterocycles. The Morgan fingerprint density at radius 2 is 0.560 bits per heavy atom. The van der Waals surface area contributed by atoms with E-state index in [1.54, 1.807) is 6.08 Å². The number of hydrogen-bond donors (Lipinski definition) is 3. The number of hydrogen-bond acceptors (Lipinski definition) is 5. The van der Waals surface area contributed by atoms with E-state index in [9.17, 15) is 19.8 Å². The number of aliphatic hydroxyl groups excluding tert-OH is 2. The average molecular weight is 1180 g/mol. The first-order chi connectivity index (χ1) is 41.5. The van der Waals surface area contributed by atoms with Gasteiger partial charge in [0.05, 0.1) is 25.4 Å². The number of esters is 1. The first-order valence-corrected chi connectivity index (χ1v) is 38.6. The van der Waals surface area contributed by atoms with Crippen LogP contribution in [0, 0.1) is 0 Å². The summed E-state index contributed by atoms with van der Waals surface area (Å²) in [4.78, 5) is 24.6. The van der Waals surface area contributed by atoms with Gasteiger partial charge in [0, 0.05) is 12.8 Å². The van der Waals surface area contributed by atoms with E-state index in [1.807, 2.05) is 6.08 Å². The topological polar surface area (TPSA) is 95.9 Å². The minimum absolute atomic E-state index is 0.0184. The van der Waals surface area contributed by atoms with E-state index < -0.39 is 12.1 Å². The van der Waals surface area contributed by atoms with Crippen molar-refractivity contribution in [1.82, 2.24) is 5.32 Å². The Balaban J connectivity index is 3.38. The second kappa shape index (κ2) is 73.8. The van der Waals surface area contributed by atoms with Crippen molar-refractivity contribution in [3.05, 3.63) is 24.3 Å². The molecule has 0 spiro atoms. The summed E-state index contributed by atoms with van der Waals surface area (Å²) in [6, 6.07) is -0.627. The molecule has 0 fully saturated rings. The highest BCUT2D eigenvalue weighted by molar-refractivity contribution is 5.76.